The van der Waals surface area contributed by atoms with Crippen LogP contribution in [0.4, 0.5) is 0 Å². The maximum atomic E-state index is 12.8. The summed E-state index contributed by atoms with van der Waals surface area (Å²) in [6.45, 7) is 1.97. The summed E-state index contributed by atoms with van der Waals surface area (Å²) in [4.78, 5) is 14.3. The molecule has 0 N–H and O–H groups in total. The minimum absolute atomic E-state index is 0.126. The first-order chi connectivity index (χ1) is 13.0. The molecule has 3 rings (SSSR count). The van der Waals surface area contributed by atoms with Gasteiger partial charge in [0, 0.05) is 6.54 Å². The maximum absolute atomic E-state index is 12.8. The topological polar surface area (TPSA) is 90.0 Å². The largest absolute Gasteiger partial charge is 0.467 e. The highest BCUT2D eigenvalue weighted by atomic mass is 32.2. The van der Waals surface area contributed by atoms with Crippen molar-refractivity contribution in [1.82, 2.24) is 4.90 Å². The molecule has 1 aromatic carbocycles. The van der Waals surface area contributed by atoms with E-state index >= 15 is 0 Å². The second-order valence-electron chi connectivity index (χ2n) is 5.79. The second-order valence-corrected chi connectivity index (χ2v) is 7.65. The summed E-state index contributed by atoms with van der Waals surface area (Å²) in [6, 6.07) is 13.4. The fourth-order valence-electron chi connectivity index (χ4n) is 2.47. The van der Waals surface area contributed by atoms with Crippen LogP contribution in [0.3, 0.4) is 0 Å². The van der Waals surface area contributed by atoms with Gasteiger partial charge in [-0.05, 0) is 48.9 Å². The van der Waals surface area contributed by atoms with E-state index in [0.717, 1.165) is 0 Å². The van der Waals surface area contributed by atoms with E-state index in [9.17, 15) is 13.2 Å². The molecule has 0 aliphatic heterocycles. The molecule has 1 amide bonds. The molecule has 0 bridgehead atoms. The molecule has 8 heteroatoms. The molecule has 0 aliphatic rings. The van der Waals surface area contributed by atoms with E-state index in [1.54, 1.807) is 53.4 Å². The zero-order chi connectivity index (χ0) is 19.3. The number of hydrogen-bond acceptors (Lipinski definition) is 6. The number of benzene rings is 1. The van der Waals surface area contributed by atoms with E-state index in [2.05, 4.69) is 0 Å². The average Bonchev–Trinajstić information content (AvgIpc) is 3.34. The van der Waals surface area contributed by atoms with Crippen molar-refractivity contribution >= 4 is 16.0 Å². The van der Waals surface area contributed by atoms with E-state index in [-0.39, 0.29) is 36.3 Å². The molecule has 0 fully saturated rings. The van der Waals surface area contributed by atoms with E-state index in [1.807, 2.05) is 0 Å². The molecule has 0 saturated heterocycles. The molecule has 0 spiro atoms. The summed E-state index contributed by atoms with van der Waals surface area (Å²) in [5, 5.41) is 0. The summed E-state index contributed by atoms with van der Waals surface area (Å²) < 4.78 is 38.9. The molecule has 0 unspecified atom stereocenters. The molecular formula is C19H19NO6S. The number of carbonyl (C=O) groups is 1. The monoisotopic (exact) mass is 389 g/mol. The first kappa shape index (κ1) is 18.8. The average molecular weight is 389 g/mol. The van der Waals surface area contributed by atoms with Crippen LogP contribution < -0.4 is 4.18 Å². The Labute approximate surface area is 157 Å². The van der Waals surface area contributed by atoms with Crippen molar-refractivity contribution in [1.29, 1.82) is 0 Å². The highest BCUT2D eigenvalue weighted by molar-refractivity contribution is 7.87. The number of rotatable bonds is 8. The van der Waals surface area contributed by atoms with Gasteiger partial charge < -0.3 is 17.9 Å². The lowest BCUT2D eigenvalue weighted by atomic mass is 10.2. The minimum Gasteiger partial charge on any atom is -0.467 e. The predicted octanol–water partition coefficient (Wildman–Crippen LogP) is 3.44. The van der Waals surface area contributed by atoms with E-state index in [0.29, 0.717) is 11.3 Å². The van der Waals surface area contributed by atoms with Crippen LogP contribution in [0.25, 0.3) is 0 Å². The number of carbonyl (C=O) groups excluding carboxylic acids is 1. The number of amides is 1. The Morgan fingerprint density at radius 1 is 1.04 bits per heavy atom. The lowest BCUT2D eigenvalue weighted by molar-refractivity contribution is 0.0685. The van der Waals surface area contributed by atoms with Crippen LogP contribution in [0.5, 0.6) is 5.75 Å². The summed E-state index contributed by atoms with van der Waals surface area (Å²) >= 11 is 0. The third-order valence-electron chi connectivity index (χ3n) is 3.79. The van der Waals surface area contributed by atoms with E-state index in [1.165, 1.54) is 19.5 Å². The lowest BCUT2D eigenvalue weighted by Crippen LogP contribution is -2.29. The molecule has 0 saturated carbocycles. The standard InChI is InChI=1S/C19H19NO6S/c1-2-27(22,23)26-16-7-3-6-15(12-16)13-20(14-17-8-4-10-24-17)19(21)18-9-5-11-25-18/h3-12H,2,13-14H2,1H3. The molecule has 0 radical (unpaired) electrons. The fraction of sp³-hybridized carbons (Fsp3) is 0.211. The summed E-state index contributed by atoms with van der Waals surface area (Å²) in [6.07, 6.45) is 2.97. The molecule has 0 atom stereocenters. The van der Waals surface area contributed by atoms with Crippen molar-refractivity contribution in [2.75, 3.05) is 5.75 Å². The van der Waals surface area contributed by atoms with Gasteiger partial charge in [-0.2, -0.15) is 8.42 Å². The molecule has 142 valence electrons. The predicted molar refractivity (Wildman–Crippen MR) is 97.5 cm³/mol. The van der Waals surface area contributed by atoms with Crippen molar-refractivity contribution in [2.24, 2.45) is 0 Å². The van der Waals surface area contributed by atoms with Crippen LogP contribution in [0.1, 0.15) is 28.8 Å². The van der Waals surface area contributed by atoms with Crippen LogP contribution in [0.2, 0.25) is 0 Å². The van der Waals surface area contributed by atoms with Gasteiger partial charge in [0.05, 0.1) is 24.8 Å². The second kappa shape index (κ2) is 8.13. The fourth-order valence-corrected chi connectivity index (χ4v) is 2.98. The van der Waals surface area contributed by atoms with Crippen LogP contribution in [0.15, 0.2) is 69.9 Å². The number of nitrogens with zero attached hydrogens (tertiary/aromatic N) is 1. The Morgan fingerprint density at radius 2 is 1.81 bits per heavy atom. The highest BCUT2D eigenvalue weighted by Gasteiger charge is 2.20. The van der Waals surface area contributed by atoms with Crippen LogP contribution >= 0.6 is 0 Å². The lowest BCUT2D eigenvalue weighted by Gasteiger charge is -2.21. The SMILES string of the molecule is CCS(=O)(=O)Oc1cccc(CN(Cc2ccco2)C(=O)c2ccco2)c1. The smallest absolute Gasteiger partial charge is 0.308 e. The van der Waals surface area contributed by atoms with Crippen molar-refractivity contribution < 1.29 is 26.2 Å². The van der Waals surface area contributed by atoms with Crippen molar-refractivity contribution in [2.45, 2.75) is 20.0 Å². The Balaban J connectivity index is 1.82. The molecule has 3 aromatic rings. The van der Waals surface area contributed by atoms with Crippen molar-refractivity contribution in [3.63, 3.8) is 0 Å². The molecule has 27 heavy (non-hydrogen) atoms. The van der Waals surface area contributed by atoms with Gasteiger partial charge in [-0.3, -0.25) is 4.79 Å². The first-order valence-corrected chi connectivity index (χ1v) is 9.91. The minimum atomic E-state index is -3.62. The van der Waals surface area contributed by atoms with Gasteiger partial charge in [0.15, 0.2) is 5.76 Å². The molecular weight excluding hydrogens is 370 g/mol. The van der Waals surface area contributed by atoms with Crippen LogP contribution in [-0.2, 0) is 23.2 Å². The van der Waals surface area contributed by atoms with E-state index in [4.69, 9.17) is 13.0 Å². The van der Waals surface area contributed by atoms with Gasteiger partial charge in [-0.15, -0.1) is 0 Å². The zero-order valence-electron chi connectivity index (χ0n) is 14.7. The third kappa shape index (κ3) is 5.01. The molecule has 7 nitrogen and oxygen atoms in total. The summed E-state index contributed by atoms with van der Waals surface area (Å²) in [7, 11) is -3.62. The number of furan rings is 2. The van der Waals surface area contributed by atoms with Gasteiger partial charge in [-0.25, -0.2) is 0 Å². The number of hydrogen-bond donors (Lipinski definition) is 0. The Morgan fingerprint density at radius 3 is 2.48 bits per heavy atom. The summed E-state index contributed by atoms with van der Waals surface area (Å²) in [5.41, 5.74) is 0.713. The van der Waals surface area contributed by atoms with Gasteiger partial charge in [0.25, 0.3) is 5.91 Å². The van der Waals surface area contributed by atoms with Crippen LogP contribution in [-0.4, -0.2) is 25.0 Å². The van der Waals surface area contributed by atoms with Gasteiger partial charge in [-0.1, -0.05) is 12.1 Å². The van der Waals surface area contributed by atoms with Crippen molar-refractivity contribution in [3.05, 3.63) is 78.1 Å². The van der Waals surface area contributed by atoms with Gasteiger partial charge in [0.2, 0.25) is 0 Å². The molecule has 0 aliphatic carbocycles. The normalized spacial score (nSPS) is 11.3. The quantitative estimate of drug-likeness (QED) is 0.548. The Bertz CT molecular complexity index is 977. The third-order valence-corrected chi connectivity index (χ3v) is 4.95. The highest BCUT2D eigenvalue weighted by Crippen LogP contribution is 2.20. The zero-order valence-corrected chi connectivity index (χ0v) is 15.5. The van der Waals surface area contributed by atoms with Crippen molar-refractivity contribution in [3.8, 4) is 5.75 Å². The maximum Gasteiger partial charge on any atom is 0.308 e. The first-order valence-electron chi connectivity index (χ1n) is 8.33. The van der Waals surface area contributed by atoms with Crippen LogP contribution in [0, 0.1) is 0 Å². The Hall–Kier alpha value is -3.00. The Kier molecular flexibility index (Phi) is 5.66. The van der Waals surface area contributed by atoms with Gasteiger partial charge in [0.1, 0.15) is 11.5 Å². The molecule has 2 aromatic heterocycles. The van der Waals surface area contributed by atoms with E-state index < -0.39 is 10.1 Å². The molecule has 2 heterocycles. The van der Waals surface area contributed by atoms with Gasteiger partial charge >= 0.3 is 10.1 Å². The summed E-state index contributed by atoms with van der Waals surface area (Å²) in [5.74, 6) is 0.610.